The van der Waals surface area contributed by atoms with Crippen LogP contribution < -0.4 is 0 Å². The fraction of sp³-hybridized carbons (Fsp3) is 0.500. The average molecular weight is 255 g/mol. The van der Waals surface area contributed by atoms with Crippen LogP contribution >= 0.6 is 0 Å². The molecule has 0 radical (unpaired) electrons. The van der Waals surface area contributed by atoms with Crippen molar-refractivity contribution >= 4 is 16.8 Å². The van der Waals surface area contributed by atoms with Crippen molar-refractivity contribution in [1.82, 2.24) is 4.98 Å². The van der Waals surface area contributed by atoms with Crippen molar-refractivity contribution < 1.29 is 13.7 Å². The Balaban J connectivity index is 2.37. The molecule has 1 heterocycles. The predicted molar refractivity (Wildman–Crippen MR) is 67.0 cm³/mol. The van der Waals surface area contributed by atoms with Crippen LogP contribution in [0, 0.1) is 0 Å². The molecule has 0 aromatic carbocycles. The van der Waals surface area contributed by atoms with E-state index in [0.29, 0.717) is 5.75 Å². The summed E-state index contributed by atoms with van der Waals surface area (Å²) in [5.41, 5.74) is 1.11. The first-order valence-electron chi connectivity index (χ1n) is 5.46. The molecule has 17 heavy (non-hydrogen) atoms. The van der Waals surface area contributed by atoms with Crippen LogP contribution in [0.25, 0.3) is 0 Å². The lowest BCUT2D eigenvalue weighted by Crippen LogP contribution is -2.20. The Labute approximate surface area is 104 Å². The van der Waals surface area contributed by atoms with Crippen molar-refractivity contribution in [2.24, 2.45) is 0 Å². The van der Waals surface area contributed by atoms with Crippen molar-refractivity contribution in [3.8, 4) is 0 Å². The van der Waals surface area contributed by atoms with E-state index < -0.39 is 10.8 Å². The molecular formula is C12H17NO3S. The van der Waals surface area contributed by atoms with Gasteiger partial charge in [-0.15, -0.1) is 0 Å². The maximum atomic E-state index is 11.9. The number of hydrogen-bond acceptors (Lipinski definition) is 4. The van der Waals surface area contributed by atoms with Gasteiger partial charge in [0, 0.05) is 34.2 Å². The number of carbonyl (C=O) groups is 1. The fourth-order valence-electron chi connectivity index (χ4n) is 1.38. The van der Waals surface area contributed by atoms with Gasteiger partial charge in [-0.2, -0.15) is 0 Å². The van der Waals surface area contributed by atoms with E-state index in [9.17, 15) is 9.00 Å². The van der Waals surface area contributed by atoms with Crippen LogP contribution in [-0.2, 0) is 26.8 Å². The summed E-state index contributed by atoms with van der Waals surface area (Å²) >= 11 is 0. The number of methoxy groups -OCH3 is 1. The molecule has 5 heteroatoms. The van der Waals surface area contributed by atoms with Crippen molar-refractivity contribution in [2.75, 3.05) is 12.9 Å². The summed E-state index contributed by atoms with van der Waals surface area (Å²) in [7, 11) is 0.334. The average Bonchev–Trinajstić information content (AvgIpc) is 2.36. The van der Waals surface area contributed by atoms with Crippen LogP contribution in [-0.4, -0.2) is 33.3 Å². The molecule has 0 spiro atoms. The third kappa shape index (κ3) is 5.08. The zero-order valence-corrected chi connectivity index (χ0v) is 10.9. The molecule has 0 saturated heterocycles. The molecule has 0 bridgehead atoms. The highest BCUT2D eigenvalue weighted by Gasteiger charge is 2.15. The fourth-order valence-corrected chi connectivity index (χ4v) is 2.54. The largest absolute Gasteiger partial charge is 0.469 e. The van der Waals surface area contributed by atoms with E-state index in [-0.39, 0.29) is 17.6 Å². The number of esters is 1. The van der Waals surface area contributed by atoms with E-state index in [1.165, 1.54) is 7.11 Å². The van der Waals surface area contributed by atoms with Crippen molar-refractivity contribution in [1.29, 1.82) is 0 Å². The minimum Gasteiger partial charge on any atom is -0.469 e. The highest BCUT2D eigenvalue weighted by molar-refractivity contribution is 7.85. The molecule has 1 rings (SSSR count). The Morgan fingerprint density at radius 1 is 1.47 bits per heavy atom. The van der Waals surface area contributed by atoms with Gasteiger partial charge in [0.05, 0.1) is 13.5 Å². The molecular weight excluding hydrogens is 238 g/mol. The van der Waals surface area contributed by atoms with E-state index in [2.05, 4.69) is 9.72 Å². The van der Waals surface area contributed by atoms with Crippen LogP contribution in [0.3, 0.4) is 0 Å². The Morgan fingerprint density at radius 2 is 2.12 bits per heavy atom. The number of pyridine rings is 1. The number of aromatic nitrogens is 1. The molecule has 2 atom stereocenters. The number of aryl methyl sites for hydroxylation is 1. The van der Waals surface area contributed by atoms with Gasteiger partial charge in [0.25, 0.3) is 0 Å². The van der Waals surface area contributed by atoms with E-state index >= 15 is 0 Å². The Kier molecular flexibility index (Phi) is 5.83. The van der Waals surface area contributed by atoms with Gasteiger partial charge in [0.2, 0.25) is 0 Å². The molecule has 1 aromatic rings. The summed E-state index contributed by atoms with van der Waals surface area (Å²) in [6, 6.07) is 3.81. The summed E-state index contributed by atoms with van der Waals surface area (Å²) in [6.07, 6.45) is 4.38. The molecule has 2 unspecified atom stereocenters. The minimum absolute atomic E-state index is 0.163. The highest BCUT2D eigenvalue weighted by atomic mass is 32.2. The first-order chi connectivity index (χ1) is 8.13. The van der Waals surface area contributed by atoms with Crippen LogP contribution in [0.2, 0.25) is 0 Å². The number of rotatable bonds is 6. The van der Waals surface area contributed by atoms with Gasteiger partial charge in [-0.25, -0.2) is 0 Å². The SMILES string of the molecule is COC(=O)CC(C)S(=O)CCc1ccncc1. The minimum atomic E-state index is -1.01. The van der Waals surface area contributed by atoms with E-state index in [0.717, 1.165) is 12.0 Å². The normalized spacial score (nSPS) is 14.0. The molecule has 0 aliphatic carbocycles. The van der Waals surface area contributed by atoms with E-state index in [1.807, 2.05) is 12.1 Å². The number of nitrogens with zero attached hydrogens (tertiary/aromatic N) is 1. The van der Waals surface area contributed by atoms with Gasteiger partial charge in [-0.05, 0) is 24.1 Å². The van der Waals surface area contributed by atoms with Gasteiger partial charge >= 0.3 is 5.97 Å². The lowest BCUT2D eigenvalue weighted by molar-refractivity contribution is -0.140. The number of ether oxygens (including phenoxy) is 1. The molecule has 0 aliphatic rings. The summed E-state index contributed by atoms with van der Waals surface area (Å²) in [5, 5.41) is -0.163. The number of hydrogen-bond donors (Lipinski definition) is 0. The second-order valence-electron chi connectivity index (χ2n) is 3.78. The molecule has 0 saturated carbocycles. The van der Waals surface area contributed by atoms with Gasteiger partial charge in [0.15, 0.2) is 0 Å². The quantitative estimate of drug-likeness (QED) is 0.719. The Hall–Kier alpha value is -1.23. The Morgan fingerprint density at radius 3 is 2.71 bits per heavy atom. The zero-order valence-electron chi connectivity index (χ0n) is 10.1. The molecule has 0 amide bonds. The second-order valence-corrected chi connectivity index (χ2v) is 5.76. The Bertz CT molecular complexity index is 381. The van der Waals surface area contributed by atoms with Crippen LogP contribution in [0.1, 0.15) is 18.9 Å². The van der Waals surface area contributed by atoms with Crippen LogP contribution in [0.4, 0.5) is 0 Å². The monoisotopic (exact) mass is 255 g/mol. The topological polar surface area (TPSA) is 56.3 Å². The summed E-state index contributed by atoms with van der Waals surface area (Å²) in [4.78, 5) is 15.0. The van der Waals surface area contributed by atoms with E-state index in [1.54, 1.807) is 19.3 Å². The lowest BCUT2D eigenvalue weighted by atomic mass is 10.2. The first kappa shape index (κ1) is 13.8. The molecule has 4 nitrogen and oxygen atoms in total. The van der Waals surface area contributed by atoms with Crippen molar-refractivity contribution in [3.63, 3.8) is 0 Å². The van der Waals surface area contributed by atoms with Gasteiger partial charge in [-0.3, -0.25) is 14.0 Å². The van der Waals surface area contributed by atoms with Crippen LogP contribution in [0.15, 0.2) is 24.5 Å². The van der Waals surface area contributed by atoms with Crippen LogP contribution in [0.5, 0.6) is 0 Å². The second kappa shape index (κ2) is 7.17. The van der Waals surface area contributed by atoms with Crippen molar-refractivity contribution in [3.05, 3.63) is 30.1 Å². The molecule has 0 N–H and O–H groups in total. The standard InChI is InChI=1S/C12H17NO3S/c1-10(9-12(14)16-2)17(15)8-5-11-3-6-13-7-4-11/h3-4,6-7,10H,5,8-9H2,1-2H3. The van der Waals surface area contributed by atoms with Gasteiger partial charge in [0.1, 0.15) is 0 Å². The number of carbonyl (C=O) groups excluding carboxylic acids is 1. The highest BCUT2D eigenvalue weighted by Crippen LogP contribution is 2.06. The van der Waals surface area contributed by atoms with Crippen molar-refractivity contribution in [2.45, 2.75) is 25.0 Å². The van der Waals surface area contributed by atoms with Gasteiger partial charge in [-0.1, -0.05) is 6.92 Å². The maximum Gasteiger partial charge on any atom is 0.306 e. The lowest BCUT2D eigenvalue weighted by Gasteiger charge is -2.09. The zero-order chi connectivity index (χ0) is 12.7. The van der Waals surface area contributed by atoms with E-state index in [4.69, 9.17) is 0 Å². The summed E-state index contributed by atoms with van der Waals surface area (Å²) in [5.74, 6) is 0.247. The molecule has 94 valence electrons. The first-order valence-corrected chi connectivity index (χ1v) is 6.84. The van der Waals surface area contributed by atoms with Gasteiger partial charge < -0.3 is 4.74 Å². The summed E-state index contributed by atoms with van der Waals surface area (Å²) < 4.78 is 16.4. The third-order valence-electron chi connectivity index (χ3n) is 2.47. The smallest absolute Gasteiger partial charge is 0.306 e. The third-order valence-corrected chi connectivity index (χ3v) is 4.14. The molecule has 1 aromatic heterocycles. The molecule has 0 aliphatic heterocycles. The maximum absolute atomic E-state index is 11.9. The predicted octanol–water partition coefficient (Wildman–Crippen LogP) is 1.32. The molecule has 0 fully saturated rings. The summed E-state index contributed by atoms with van der Waals surface area (Å²) in [6.45, 7) is 1.81.